The summed E-state index contributed by atoms with van der Waals surface area (Å²) in [6, 6.07) is -2.19. The van der Waals surface area contributed by atoms with E-state index in [0.29, 0.717) is 0 Å². The second-order valence-electron chi connectivity index (χ2n) is 0.781. The van der Waals surface area contributed by atoms with Crippen LogP contribution >= 0.6 is 33.2 Å². The van der Waals surface area contributed by atoms with Gasteiger partial charge < -0.3 is 0 Å². The van der Waals surface area contributed by atoms with Crippen LogP contribution in [0.4, 0.5) is 0 Å². The molecule has 0 rings (SSSR count). The molecule has 33 valence electrons. The average Bonchev–Trinajstić information content (AvgIpc) is 0.722. The fraction of sp³-hybridized carbons (Fsp3) is 1.00. The first-order valence-corrected chi connectivity index (χ1v) is 6.60. The molecular formula is CH3Cl3NaSi. The molecule has 0 fully saturated rings. The molecule has 0 bridgehead atoms. The van der Waals surface area contributed by atoms with Crippen molar-refractivity contribution in [1.29, 1.82) is 0 Å². The molecule has 0 atom stereocenters. The van der Waals surface area contributed by atoms with Gasteiger partial charge in [-0.15, -0.1) is 33.2 Å². The van der Waals surface area contributed by atoms with Gasteiger partial charge in [0.15, 0.2) is 0 Å². The van der Waals surface area contributed by atoms with Crippen molar-refractivity contribution in [2.24, 2.45) is 0 Å². The predicted molar refractivity (Wildman–Crippen MR) is 34.9 cm³/mol. The van der Waals surface area contributed by atoms with Gasteiger partial charge in [-0.3, -0.25) is 0 Å². The summed E-state index contributed by atoms with van der Waals surface area (Å²) in [7, 11) is 0. The number of halogens is 3. The summed E-state index contributed by atoms with van der Waals surface area (Å²) in [6.45, 7) is 1.62. The third-order valence-corrected chi connectivity index (χ3v) is 0. The van der Waals surface area contributed by atoms with Crippen LogP contribution in [0, 0.1) is 0 Å². The minimum Gasteiger partial charge on any atom is -0.126 e. The molecule has 0 aliphatic heterocycles. The van der Waals surface area contributed by atoms with Gasteiger partial charge in [0, 0.05) is 29.6 Å². The Labute approximate surface area is 74.6 Å². The molecule has 0 amide bonds. The Kier molecular flexibility index (Phi) is 7.34. The quantitative estimate of drug-likeness (QED) is 0.387. The monoisotopic (exact) mass is 171 g/mol. The van der Waals surface area contributed by atoms with E-state index in [2.05, 4.69) is 0 Å². The molecule has 0 saturated carbocycles. The fourth-order valence-corrected chi connectivity index (χ4v) is 0. The molecule has 0 aromatic carbocycles. The van der Waals surface area contributed by atoms with E-state index in [-0.39, 0.29) is 29.6 Å². The molecule has 0 nitrogen and oxygen atoms in total. The summed E-state index contributed by atoms with van der Waals surface area (Å²) in [6.07, 6.45) is 0. The first kappa shape index (κ1) is 11.0. The maximum Gasteiger partial charge on any atom is 0.338 e. The minimum atomic E-state index is -2.19. The van der Waals surface area contributed by atoms with Gasteiger partial charge in [0.1, 0.15) is 0 Å². The zero-order valence-electron chi connectivity index (χ0n) is 3.63. The van der Waals surface area contributed by atoms with E-state index in [1.165, 1.54) is 0 Å². The van der Waals surface area contributed by atoms with Gasteiger partial charge in [-0.25, -0.2) is 0 Å². The molecule has 0 aliphatic carbocycles. The Morgan fingerprint density at radius 1 is 1.17 bits per heavy atom. The van der Waals surface area contributed by atoms with Gasteiger partial charge in [-0.2, -0.15) is 0 Å². The maximum absolute atomic E-state index is 5.20. The van der Waals surface area contributed by atoms with E-state index < -0.39 is 6.00 Å². The smallest absolute Gasteiger partial charge is 0.126 e. The fourth-order valence-electron chi connectivity index (χ4n) is 0. The number of rotatable bonds is 0. The Morgan fingerprint density at radius 2 is 1.17 bits per heavy atom. The van der Waals surface area contributed by atoms with Crippen LogP contribution in [0.2, 0.25) is 6.55 Å². The third kappa shape index (κ3) is 36.2. The van der Waals surface area contributed by atoms with E-state index in [0.717, 1.165) is 0 Å². The van der Waals surface area contributed by atoms with Crippen molar-refractivity contribution in [3.63, 3.8) is 0 Å². The Balaban J connectivity index is 0. The average molecular weight is 172 g/mol. The standard InChI is InChI=1S/CH3Cl3Si.Na/c1-5(2,3)4;/h1H3;. The zero-order chi connectivity index (χ0) is 4.50. The van der Waals surface area contributed by atoms with Gasteiger partial charge in [0.05, 0.1) is 0 Å². The summed E-state index contributed by atoms with van der Waals surface area (Å²) in [4.78, 5) is 0. The molecule has 5 heteroatoms. The van der Waals surface area contributed by atoms with Crippen molar-refractivity contribution in [2.45, 2.75) is 6.55 Å². The predicted octanol–water partition coefficient (Wildman–Crippen LogP) is 1.89. The summed E-state index contributed by atoms with van der Waals surface area (Å²) in [5.41, 5.74) is 0. The molecule has 0 aliphatic rings. The van der Waals surface area contributed by atoms with Gasteiger partial charge in [0.25, 0.3) is 0 Å². The van der Waals surface area contributed by atoms with Crippen LogP contribution in [-0.4, -0.2) is 35.6 Å². The second kappa shape index (κ2) is 4.01. The molecule has 0 aromatic rings. The Bertz CT molecular complexity index is 26.3. The summed E-state index contributed by atoms with van der Waals surface area (Å²) < 4.78 is 0. The van der Waals surface area contributed by atoms with Gasteiger partial charge in [-0.05, 0) is 6.55 Å². The Morgan fingerprint density at radius 3 is 1.17 bits per heavy atom. The second-order valence-corrected chi connectivity index (χ2v) is 10.9. The normalized spacial score (nSPS) is 10.0. The van der Waals surface area contributed by atoms with Crippen molar-refractivity contribution in [1.82, 2.24) is 0 Å². The van der Waals surface area contributed by atoms with Crippen molar-refractivity contribution in [3.05, 3.63) is 0 Å². The molecule has 0 N–H and O–H groups in total. The van der Waals surface area contributed by atoms with Gasteiger partial charge in [-0.1, -0.05) is 0 Å². The van der Waals surface area contributed by atoms with Crippen LogP contribution in [0.15, 0.2) is 0 Å². The van der Waals surface area contributed by atoms with Crippen LogP contribution in [-0.2, 0) is 0 Å². The van der Waals surface area contributed by atoms with Crippen LogP contribution in [0.1, 0.15) is 0 Å². The van der Waals surface area contributed by atoms with Crippen LogP contribution in [0.3, 0.4) is 0 Å². The summed E-state index contributed by atoms with van der Waals surface area (Å²) in [5.74, 6) is 0. The zero-order valence-corrected chi connectivity index (χ0v) is 8.90. The molecule has 0 saturated heterocycles. The van der Waals surface area contributed by atoms with Crippen LogP contribution < -0.4 is 0 Å². The number of hydrogen-bond acceptors (Lipinski definition) is 0. The van der Waals surface area contributed by atoms with Crippen LogP contribution in [0.5, 0.6) is 0 Å². The summed E-state index contributed by atoms with van der Waals surface area (Å²) in [5, 5.41) is 0. The molecule has 1 radical (unpaired) electrons. The largest absolute Gasteiger partial charge is 0.338 e. The number of hydrogen-bond donors (Lipinski definition) is 0. The van der Waals surface area contributed by atoms with Crippen molar-refractivity contribution >= 4 is 68.8 Å². The van der Waals surface area contributed by atoms with E-state index in [1.807, 2.05) is 0 Å². The molecule has 0 unspecified atom stereocenters. The van der Waals surface area contributed by atoms with E-state index >= 15 is 0 Å². The van der Waals surface area contributed by atoms with Gasteiger partial charge in [0.2, 0.25) is 0 Å². The van der Waals surface area contributed by atoms with E-state index in [4.69, 9.17) is 33.2 Å². The molecule has 0 spiro atoms. The minimum absolute atomic E-state index is 0. The molecule has 0 heterocycles. The molecule has 6 heavy (non-hydrogen) atoms. The Hall–Kier alpha value is 2.09. The molecule has 0 aromatic heterocycles. The first-order chi connectivity index (χ1) is 2.00. The molecular weight excluding hydrogens is 169 g/mol. The SMILES string of the molecule is C[Si](Cl)(Cl)Cl.[Na]. The van der Waals surface area contributed by atoms with E-state index in [9.17, 15) is 0 Å². The first-order valence-electron chi connectivity index (χ1n) is 1.07. The van der Waals surface area contributed by atoms with Crippen molar-refractivity contribution in [3.8, 4) is 0 Å². The van der Waals surface area contributed by atoms with E-state index in [1.54, 1.807) is 6.55 Å². The van der Waals surface area contributed by atoms with Gasteiger partial charge >= 0.3 is 6.00 Å². The summed E-state index contributed by atoms with van der Waals surface area (Å²) >= 11 is 15.6. The van der Waals surface area contributed by atoms with Crippen LogP contribution in [0.25, 0.3) is 0 Å². The third-order valence-electron chi connectivity index (χ3n) is 0. The maximum atomic E-state index is 5.20. The topological polar surface area (TPSA) is 0 Å². The van der Waals surface area contributed by atoms with Crippen molar-refractivity contribution in [2.75, 3.05) is 0 Å². The van der Waals surface area contributed by atoms with Crippen molar-refractivity contribution < 1.29 is 0 Å².